The van der Waals surface area contributed by atoms with Crippen LogP contribution in [0.1, 0.15) is 49.7 Å². The average Bonchev–Trinajstić information content (AvgIpc) is 3.27. The summed E-state index contributed by atoms with van der Waals surface area (Å²) in [6.45, 7) is 8.41. The number of rotatable bonds is 4. The minimum Gasteiger partial charge on any atom is -0.381 e. The van der Waals surface area contributed by atoms with E-state index in [2.05, 4.69) is 44.4 Å². The number of aliphatic imine (C=N–C) groups is 1. The Morgan fingerprint density at radius 3 is 2.41 bits per heavy atom. The molecule has 0 radical (unpaired) electrons. The van der Waals surface area contributed by atoms with Crippen LogP contribution in [-0.4, -0.2) is 62.2 Å². The Bertz CT molecular complexity index is 649. The fourth-order valence-electron chi connectivity index (χ4n) is 4.92. The Hall–Kier alpha value is -0.860. The Kier molecular flexibility index (Phi) is 8.62. The molecule has 1 N–H and O–H groups in total. The molecular weight excluding hydrogens is 475 g/mol. The van der Waals surface area contributed by atoms with Crippen molar-refractivity contribution >= 4 is 29.9 Å². The van der Waals surface area contributed by atoms with E-state index in [1.54, 1.807) is 0 Å². The molecule has 0 saturated carbocycles. The minimum absolute atomic E-state index is 0. The molecule has 1 spiro atoms. The van der Waals surface area contributed by atoms with Crippen molar-refractivity contribution in [1.29, 1.82) is 0 Å². The second-order valence-corrected chi connectivity index (χ2v) is 8.88. The standard InChI is InChI=1S/C23H36N4O.HI/c1-24-22(27-14-10-23(18-27)11-15-28-19-23)25-16-20-6-8-21(9-7-20)17-26-12-4-2-3-5-13-26;/h6-9H,2-5,10-19H2,1H3,(H,24,25);1H. The normalized spacial score (nSPS) is 25.8. The van der Waals surface area contributed by atoms with Gasteiger partial charge in [0.25, 0.3) is 0 Å². The summed E-state index contributed by atoms with van der Waals surface area (Å²) in [5.74, 6) is 1.03. The zero-order valence-corrected chi connectivity index (χ0v) is 20.2. The van der Waals surface area contributed by atoms with Crippen LogP contribution in [0.15, 0.2) is 29.3 Å². The molecule has 162 valence electrons. The van der Waals surface area contributed by atoms with Gasteiger partial charge in [-0.1, -0.05) is 37.1 Å². The summed E-state index contributed by atoms with van der Waals surface area (Å²) in [5, 5.41) is 3.57. The third-order valence-electron chi connectivity index (χ3n) is 6.71. The van der Waals surface area contributed by atoms with Crippen molar-refractivity contribution < 1.29 is 4.74 Å². The van der Waals surface area contributed by atoms with Crippen LogP contribution in [0.25, 0.3) is 0 Å². The van der Waals surface area contributed by atoms with Gasteiger partial charge in [-0.3, -0.25) is 9.89 Å². The molecule has 4 rings (SSSR count). The first kappa shape index (κ1) is 22.8. The van der Waals surface area contributed by atoms with Crippen LogP contribution in [0.3, 0.4) is 0 Å². The van der Waals surface area contributed by atoms with Crippen LogP contribution in [0.4, 0.5) is 0 Å². The molecule has 1 aromatic rings. The molecule has 1 atom stereocenters. The van der Waals surface area contributed by atoms with Crippen molar-refractivity contribution in [2.75, 3.05) is 46.4 Å². The highest BCUT2D eigenvalue weighted by Crippen LogP contribution is 2.38. The van der Waals surface area contributed by atoms with Crippen LogP contribution in [-0.2, 0) is 17.8 Å². The lowest BCUT2D eigenvalue weighted by molar-refractivity contribution is 0.156. The van der Waals surface area contributed by atoms with Gasteiger partial charge in [0.05, 0.1) is 6.61 Å². The van der Waals surface area contributed by atoms with E-state index in [0.29, 0.717) is 5.41 Å². The molecule has 0 aliphatic carbocycles. The Morgan fingerprint density at radius 1 is 1.03 bits per heavy atom. The summed E-state index contributed by atoms with van der Waals surface area (Å²) in [6.07, 6.45) is 7.91. The van der Waals surface area contributed by atoms with Gasteiger partial charge >= 0.3 is 0 Å². The Balaban J connectivity index is 0.00000240. The molecule has 0 aromatic heterocycles. The maximum Gasteiger partial charge on any atom is 0.193 e. The van der Waals surface area contributed by atoms with Crippen molar-refractivity contribution in [2.24, 2.45) is 10.4 Å². The maximum atomic E-state index is 5.66. The van der Waals surface area contributed by atoms with Gasteiger partial charge in [0.2, 0.25) is 0 Å². The molecule has 3 heterocycles. The first-order chi connectivity index (χ1) is 13.8. The molecule has 3 aliphatic heterocycles. The van der Waals surface area contributed by atoms with Crippen molar-refractivity contribution in [3.05, 3.63) is 35.4 Å². The van der Waals surface area contributed by atoms with Gasteiger partial charge in [-0.15, -0.1) is 24.0 Å². The van der Waals surface area contributed by atoms with E-state index in [-0.39, 0.29) is 24.0 Å². The van der Waals surface area contributed by atoms with E-state index in [1.807, 2.05) is 7.05 Å². The third kappa shape index (κ3) is 6.07. The summed E-state index contributed by atoms with van der Waals surface area (Å²) in [5.41, 5.74) is 3.11. The zero-order valence-electron chi connectivity index (χ0n) is 17.9. The molecule has 1 aromatic carbocycles. The van der Waals surface area contributed by atoms with Gasteiger partial charge in [0.15, 0.2) is 5.96 Å². The quantitative estimate of drug-likeness (QED) is 0.378. The number of likely N-dealkylation sites (tertiary alicyclic amines) is 2. The summed E-state index contributed by atoms with van der Waals surface area (Å²) in [4.78, 5) is 9.54. The van der Waals surface area contributed by atoms with Gasteiger partial charge in [0, 0.05) is 45.2 Å². The van der Waals surface area contributed by atoms with E-state index in [0.717, 1.165) is 45.4 Å². The highest BCUT2D eigenvalue weighted by molar-refractivity contribution is 14.0. The second kappa shape index (κ2) is 11.0. The molecular formula is C23H37IN4O. The number of hydrogen-bond acceptors (Lipinski definition) is 3. The van der Waals surface area contributed by atoms with Crippen LogP contribution in [0, 0.1) is 5.41 Å². The molecule has 6 heteroatoms. The topological polar surface area (TPSA) is 40.1 Å². The number of halogens is 1. The lowest BCUT2D eigenvalue weighted by Crippen LogP contribution is -2.41. The molecule has 29 heavy (non-hydrogen) atoms. The lowest BCUT2D eigenvalue weighted by atomic mass is 9.87. The zero-order chi connectivity index (χ0) is 19.2. The average molecular weight is 512 g/mol. The first-order valence-corrected chi connectivity index (χ1v) is 11.1. The molecule has 3 fully saturated rings. The number of nitrogens with zero attached hydrogens (tertiary/aromatic N) is 3. The second-order valence-electron chi connectivity index (χ2n) is 8.88. The lowest BCUT2D eigenvalue weighted by Gasteiger charge is -2.25. The fourth-order valence-corrected chi connectivity index (χ4v) is 4.92. The van der Waals surface area contributed by atoms with Gasteiger partial charge in [-0.2, -0.15) is 0 Å². The number of nitrogens with one attached hydrogen (secondary N) is 1. The van der Waals surface area contributed by atoms with Crippen LogP contribution < -0.4 is 5.32 Å². The summed E-state index contributed by atoms with van der Waals surface area (Å²) in [6, 6.07) is 9.13. The number of benzene rings is 1. The molecule has 3 saturated heterocycles. The highest BCUT2D eigenvalue weighted by atomic mass is 127. The van der Waals surface area contributed by atoms with Gasteiger partial charge in [0.1, 0.15) is 0 Å². The maximum absolute atomic E-state index is 5.66. The van der Waals surface area contributed by atoms with Crippen molar-refractivity contribution in [3.8, 4) is 0 Å². The van der Waals surface area contributed by atoms with E-state index in [1.165, 1.54) is 62.7 Å². The number of ether oxygens (including phenoxy) is 1. The van der Waals surface area contributed by atoms with Gasteiger partial charge < -0.3 is 15.0 Å². The number of hydrogen-bond donors (Lipinski definition) is 1. The SMILES string of the molecule is CN=C(NCc1ccc(CN2CCCCCC2)cc1)N1CCC2(CCOC2)C1.I. The van der Waals surface area contributed by atoms with E-state index in [4.69, 9.17) is 4.74 Å². The van der Waals surface area contributed by atoms with Gasteiger partial charge in [-0.25, -0.2) is 0 Å². The van der Waals surface area contributed by atoms with Crippen molar-refractivity contribution in [1.82, 2.24) is 15.1 Å². The van der Waals surface area contributed by atoms with E-state index >= 15 is 0 Å². The first-order valence-electron chi connectivity index (χ1n) is 11.1. The predicted octanol–water partition coefficient (Wildman–Crippen LogP) is 3.87. The van der Waals surface area contributed by atoms with Crippen LogP contribution in [0.2, 0.25) is 0 Å². The Labute approximate surface area is 193 Å². The van der Waals surface area contributed by atoms with Crippen molar-refractivity contribution in [2.45, 2.75) is 51.6 Å². The van der Waals surface area contributed by atoms with E-state index in [9.17, 15) is 0 Å². The van der Waals surface area contributed by atoms with Crippen LogP contribution in [0.5, 0.6) is 0 Å². The van der Waals surface area contributed by atoms with Crippen LogP contribution >= 0.6 is 24.0 Å². The monoisotopic (exact) mass is 512 g/mol. The van der Waals surface area contributed by atoms with E-state index < -0.39 is 0 Å². The smallest absolute Gasteiger partial charge is 0.193 e. The summed E-state index contributed by atoms with van der Waals surface area (Å²) in [7, 11) is 1.89. The summed E-state index contributed by atoms with van der Waals surface area (Å²) < 4.78 is 5.66. The fraction of sp³-hybridized carbons (Fsp3) is 0.696. The summed E-state index contributed by atoms with van der Waals surface area (Å²) >= 11 is 0. The Morgan fingerprint density at radius 2 is 1.76 bits per heavy atom. The molecule has 1 unspecified atom stereocenters. The van der Waals surface area contributed by atoms with Gasteiger partial charge in [-0.05, 0) is 49.9 Å². The van der Waals surface area contributed by atoms with Crippen molar-refractivity contribution in [3.63, 3.8) is 0 Å². The molecule has 5 nitrogen and oxygen atoms in total. The molecule has 0 amide bonds. The predicted molar refractivity (Wildman–Crippen MR) is 130 cm³/mol. The number of guanidine groups is 1. The third-order valence-corrected chi connectivity index (χ3v) is 6.71. The molecule has 0 bridgehead atoms. The minimum atomic E-state index is 0. The highest BCUT2D eigenvalue weighted by Gasteiger charge is 2.42. The molecule has 3 aliphatic rings. The largest absolute Gasteiger partial charge is 0.381 e.